The first kappa shape index (κ1) is 18.4. The summed E-state index contributed by atoms with van der Waals surface area (Å²) in [6.07, 6.45) is 0.914. The molecule has 2 heterocycles. The van der Waals surface area contributed by atoms with E-state index < -0.39 is 0 Å². The highest BCUT2D eigenvalue weighted by Gasteiger charge is 2.17. The molecule has 4 aromatic rings. The van der Waals surface area contributed by atoms with E-state index in [9.17, 15) is 4.79 Å². The molecule has 1 amide bonds. The summed E-state index contributed by atoms with van der Waals surface area (Å²) in [5.41, 5.74) is 3.79. The number of benzene rings is 2. The summed E-state index contributed by atoms with van der Waals surface area (Å²) in [5, 5.41) is 13.3. The molecule has 0 bridgehead atoms. The number of aryl methyl sites for hydroxylation is 1. The number of amides is 1. The molecule has 0 atom stereocenters. The van der Waals surface area contributed by atoms with Gasteiger partial charge in [-0.15, -0.1) is 10.2 Å². The molecule has 6 nitrogen and oxygen atoms in total. The molecule has 28 heavy (non-hydrogen) atoms. The van der Waals surface area contributed by atoms with Crippen molar-refractivity contribution >= 4 is 34.2 Å². The second-order valence-electron chi connectivity index (χ2n) is 6.60. The maximum absolute atomic E-state index is 12.0. The van der Waals surface area contributed by atoms with Crippen molar-refractivity contribution in [3.63, 3.8) is 0 Å². The quantitative estimate of drug-likeness (QED) is 0.505. The van der Waals surface area contributed by atoms with E-state index in [1.807, 2.05) is 47.7 Å². The Morgan fingerprint density at radius 2 is 1.89 bits per heavy atom. The van der Waals surface area contributed by atoms with Crippen LogP contribution >= 0.6 is 11.8 Å². The highest BCUT2D eigenvalue weighted by molar-refractivity contribution is 7.99. The molecule has 1 N–H and O–H groups in total. The van der Waals surface area contributed by atoms with Crippen molar-refractivity contribution in [2.24, 2.45) is 0 Å². The Bertz CT molecular complexity index is 1140. The second kappa shape index (κ2) is 7.98. The Hall–Kier alpha value is -2.93. The summed E-state index contributed by atoms with van der Waals surface area (Å²) >= 11 is 1.37. The van der Waals surface area contributed by atoms with Gasteiger partial charge in [0, 0.05) is 17.5 Å². The van der Waals surface area contributed by atoms with Crippen LogP contribution < -0.4 is 5.32 Å². The van der Waals surface area contributed by atoms with Crippen molar-refractivity contribution in [3.05, 3.63) is 54.1 Å². The van der Waals surface area contributed by atoms with Gasteiger partial charge < -0.3 is 5.32 Å². The van der Waals surface area contributed by atoms with E-state index in [0.717, 1.165) is 34.4 Å². The number of fused-ring (bicyclic) bond motifs is 3. The van der Waals surface area contributed by atoms with E-state index >= 15 is 0 Å². The molecular weight excluding hydrogens is 370 g/mol. The zero-order valence-electron chi connectivity index (χ0n) is 15.8. The summed E-state index contributed by atoms with van der Waals surface area (Å²) in [6.45, 7) is 4.77. The van der Waals surface area contributed by atoms with Crippen LogP contribution in [0, 0.1) is 6.92 Å². The minimum Gasteiger partial charge on any atom is -0.355 e. The SMILES string of the molecule is CCCNC(=O)CSc1nnc2c3ccccc3nc(-c3ccc(C)cc3)n12. The molecule has 2 aromatic carbocycles. The maximum Gasteiger partial charge on any atom is 0.230 e. The number of carbonyl (C=O) groups is 1. The number of para-hydroxylation sites is 1. The zero-order valence-corrected chi connectivity index (χ0v) is 16.7. The molecule has 0 aliphatic rings. The number of hydrogen-bond acceptors (Lipinski definition) is 5. The normalized spacial score (nSPS) is 11.2. The first-order valence-corrected chi connectivity index (χ1v) is 10.3. The van der Waals surface area contributed by atoms with Gasteiger partial charge in [-0.2, -0.15) is 0 Å². The predicted octanol–water partition coefficient (Wildman–Crippen LogP) is 3.87. The third kappa shape index (κ3) is 3.57. The zero-order chi connectivity index (χ0) is 19.5. The number of aromatic nitrogens is 4. The minimum atomic E-state index is -0.00534. The van der Waals surface area contributed by atoms with Crippen LogP contribution in [0.5, 0.6) is 0 Å². The van der Waals surface area contributed by atoms with Gasteiger partial charge in [-0.25, -0.2) is 4.98 Å². The number of hydrogen-bond donors (Lipinski definition) is 1. The van der Waals surface area contributed by atoms with Gasteiger partial charge in [0.25, 0.3) is 0 Å². The summed E-state index contributed by atoms with van der Waals surface area (Å²) in [4.78, 5) is 16.9. The second-order valence-corrected chi connectivity index (χ2v) is 7.54. The Morgan fingerprint density at radius 3 is 2.68 bits per heavy atom. The van der Waals surface area contributed by atoms with Crippen LogP contribution in [0.2, 0.25) is 0 Å². The molecular formula is C21H21N5OS. The Labute approximate surface area is 167 Å². The van der Waals surface area contributed by atoms with E-state index in [-0.39, 0.29) is 5.91 Å². The third-order valence-corrected chi connectivity index (χ3v) is 5.36. The molecule has 7 heteroatoms. The van der Waals surface area contributed by atoms with Gasteiger partial charge in [-0.1, -0.05) is 60.6 Å². The molecule has 0 radical (unpaired) electrons. The van der Waals surface area contributed by atoms with Crippen LogP contribution in [-0.4, -0.2) is 37.8 Å². The molecule has 0 aliphatic carbocycles. The fraction of sp³-hybridized carbons (Fsp3) is 0.238. The monoisotopic (exact) mass is 391 g/mol. The van der Waals surface area contributed by atoms with Crippen molar-refractivity contribution in [3.8, 4) is 11.4 Å². The van der Waals surface area contributed by atoms with Crippen molar-refractivity contribution in [2.45, 2.75) is 25.4 Å². The molecule has 0 unspecified atom stereocenters. The first-order valence-electron chi connectivity index (χ1n) is 9.28. The molecule has 0 saturated heterocycles. The Balaban J connectivity index is 1.82. The van der Waals surface area contributed by atoms with E-state index in [4.69, 9.17) is 4.98 Å². The van der Waals surface area contributed by atoms with Gasteiger partial charge >= 0.3 is 0 Å². The van der Waals surface area contributed by atoms with Crippen molar-refractivity contribution in [2.75, 3.05) is 12.3 Å². The van der Waals surface area contributed by atoms with E-state index in [2.05, 4.69) is 34.6 Å². The maximum atomic E-state index is 12.0. The van der Waals surface area contributed by atoms with Crippen LogP contribution in [0.15, 0.2) is 53.7 Å². The van der Waals surface area contributed by atoms with Gasteiger partial charge in [-0.3, -0.25) is 9.20 Å². The molecule has 0 fully saturated rings. The molecule has 142 valence electrons. The predicted molar refractivity (Wildman–Crippen MR) is 112 cm³/mol. The molecule has 0 saturated carbocycles. The number of carbonyl (C=O) groups excluding carboxylic acids is 1. The van der Waals surface area contributed by atoms with Crippen molar-refractivity contribution < 1.29 is 4.79 Å². The largest absolute Gasteiger partial charge is 0.355 e. The fourth-order valence-corrected chi connectivity index (χ4v) is 3.76. The summed E-state index contributed by atoms with van der Waals surface area (Å²) in [5.74, 6) is 1.06. The lowest BCUT2D eigenvalue weighted by Crippen LogP contribution is -2.25. The van der Waals surface area contributed by atoms with E-state index in [1.54, 1.807) is 0 Å². The first-order chi connectivity index (χ1) is 13.7. The van der Waals surface area contributed by atoms with Crippen LogP contribution in [0.25, 0.3) is 27.9 Å². The van der Waals surface area contributed by atoms with Gasteiger partial charge in [0.2, 0.25) is 5.91 Å². The average molecular weight is 392 g/mol. The minimum absolute atomic E-state index is 0.00534. The highest BCUT2D eigenvalue weighted by atomic mass is 32.2. The van der Waals surface area contributed by atoms with E-state index in [0.29, 0.717) is 17.5 Å². The topological polar surface area (TPSA) is 72.2 Å². The van der Waals surface area contributed by atoms with Crippen molar-refractivity contribution in [1.29, 1.82) is 0 Å². The lowest BCUT2D eigenvalue weighted by molar-refractivity contribution is -0.118. The van der Waals surface area contributed by atoms with Crippen LogP contribution in [0.4, 0.5) is 0 Å². The lowest BCUT2D eigenvalue weighted by atomic mass is 10.1. The van der Waals surface area contributed by atoms with E-state index in [1.165, 1.54) is 17.3 Å². The highest BCUT2D eigenvalue weighted by Crippen LogP contribution is 2.29. The van der Waals surface area contributed by atoms with Crippen molar-refractivity contribution in [1.82, 2.24) is 24.9 Å². The molecule has 0 aliphatic heterocycles. The van der Waals surface area contributed by atoms with Crippen LogP contribution in [0.1, 0.15) is 18.9 Å². The Morgan fingerprint density at radius 1 is 1.11 bits per heavy atom. The Kier molecular flexibility index (Phi) is 5.25. The lowest BCUT2D eigenvalue weighted by Gasteiger charge is -2.10. The average Bonchev–Trinajstić information content (AvgIpc) is 3.15. The molecule has 4 rings (SSSR count). The fourth-order valence-electron chi connectivity index (χ4n) is 2.99. The third-order valence-electron chi connectivity index (χ3n) is 4.43. The smallest absolute Gasteiger partial charge is 0.230 e. The van der Waals surface area contributed by atoms with Gasteiger partial charge in [0.1, 0.15) is 5.82 Å². The number of nitrogens with one attached hydrogen (secondary N) is 1. The molecule has 0 spiro atoms. The van der Waals surface area contributed by atoms with Gasteiger partial charge in [0.15, 0.2) is 10.8 Å². The number of nitrogens with zero attached hydrogens (tertiary/aromatic N) is 4. The van der Waals surface area contributed by atoms with Gasteiger partial charge in [0.05, 0.1) is 11.3 Å². The van der Waals surface area contributed by atoms with Crippen LogP contribution in [-0.2, 0) is 4.79 Å². The standard InChI is InChI=1S/C21H21N5OS/c1-3-12-22-18(27)13-28-21-25-24-20-16-6-4-5-7-17(16)23-19(26(20)21)15-10-8-14(2)9-11-15/h4-11H,3,12-13H2,1-2H3,(H,22,27). The summed E-state index contributed by atoms with van der Waals surface area (Å²) < 4.78 is 1.95. The van der Waals surface area contributed by atoms with Gasteiger partial charge in [-0.05, 0) is 25.5 Å². The van der Waals surface area contributed by atoms with Crippen LogP contribution in [0.3, 0.4) is 0 Å². The molecule has 2 aromatic heterocycles. The summed E-state index contributed by atoms with van der Waals surface area (Å²) in [7, 11) is 0. The summed E-state index contributed by atoms with van der Waals surface area (Å²) in [6, 6.07) is 16.1. The number of rotatable bonds is 6. The number of thioether (sulfide) groups is 1.